The highest BCUT2D eigenvalue weighted by atomic mass is 32.2. The first kappa shape index (κ1) is 12.5. The van der Waals surface area contributed by atoms with Crippen LogP contribution in [0.3, 0.4) is 0 Å². The third-order valence-corrected chi connectivity index (χ3v) is 5.57. The molecular weight excluding hydrogens is 240 g/mol. The van der Waals surface area contributed by atoms with Gasteiger partial charge in [-0.15, -0.1) is 11.8 Å². The van der Waals surface area contributed by atoms with Gasteiger partial charge < -0.3 is 5.73 Å². The van der Waals surface area contributed by atoms with Gasteiger partial charge >= 0.3 is 0 Å². The Kier molecular flexibility index (Phi) is 3.64. The number of aryl methyl sites for hydroxylation is 1. The zero-order valence-corrected chi connectivity index (χ0v) is 11.9. The first-order chi connectivity index (χ1) is 8.79. The van der Waals surface area contributed by atoms with Gasteiger partial charge in [-0.25, -0.2) is 0 Å². The predicted octanol–water partition coefficient (Wildman–Crippen LogP) is 2.68. The Bertz CT molecular complexity index is 433. The maximum Gasteiger partial charge on any atom is 0.0359 e. The quantitative estimate of drug-likeness (QED) is 0.888. The van der Waals surface area contributed by atoms with Gasteiger partial charge in [-0.3, -0.25) is 4.90 Å². The minimum absolute atomic E-state index is 0.582. The van der Waals surface area contributed by atoms with E-state index in [0.717, 1.165) is 13.1 Å². The predicted molar refractivity (Wildman–Crippen MR) is 78.0 cm³/mol. The summed E-state index contributed by atoms with van der Waals surface area (Å²) in [5.41, 5.74) is 8.96. The van der Waals surface area contributed by atoms with Crippen LogP contribution in [0.25, 0.3) is 0 Å². The molecule has 18 heavy (non-hydrogen) atoms. The monoisotopic (exact) mass is 262 g/mol. The van der Waals surface area contributed by atoms with Gasteiger partial charge in [0.1, 0.15) is 0 Å². The van der Waals surface area contributed by atoms with Crippen molar-refractivity contribution in [1.29, 1.82) is 0 Å². The number of benzene rings is 1. The lowest BCUT2D eigenvalue weighted by Gasteiger charge is -2.26. The van der Waals surface area contributed by atoms with Gasteiger partial charge in [0, 0.05) is 17.5 Å². The molecule has 2 aliphatic heterocycles. The Hall–Kier alpha value is -0.510. The molecule has 2 atom stereocenters. The van der Waals surface area contributed by atoms with Crippen molar-refractivity contribution in [2.24, 2.45) is 11.7 Å². The molecule has 0 spiro atoms. The van der Waals surface area contributed by atoms with E-state index in [9.17, 15) is 0 Å². The highest BCUT2D eigenvalue weighted by molar-refractivity contribution is 7.99. The highest BCUT2D eigenvalue weighted by Gasteiger charge is 2.31. The lowest BCUT2D eigenvalue weighted by Crippen LogP contribution is -2.21. The van der Waals surface area contributed by atoms with Crippen LogP contribution in [0, 0.1) is 5.92 Å². The van der Waals surface area contributed by atoms with Gasteiger partial charge in [-0.05, 0) is 55.7 Å². The minimum atomic E-state index is 0.582. The smallest absolute Gasteiger partial charge is 0.0359 e. The Morgan fingerprint density at radius 1 is 1.44 bits per heavy atom. The number of nitrogens with two attached hydrogens (primary N) is 1. The normalized spacial score (nSPS) is 28.3. The fraction of sp³-hybridized carbons (Fsp3) is 0.600. The molecule has 1 saturated heterocycles. The van der Waals surface area contributed by atoms with Crippen molar-refractivity contribution in [3.05, 3.63) is 29.3 Å². The van der Waals surface area contributed by atoms with Gasteiger partial charge in [-0.2, -0.15) is 0 Å². The number of nitrogens with zero attached hydrogens (tertiary/aromatic N) is 1. The van der Waals surface area contributed by atoms with Crippen molar-refractivity contribution in [3.63, 3.8) is 0 Å². The summed E-state index contributed by atoms with van der Waals surface area (Å²) in [6.45, 7) is 1.97. The molecule has 2 nitrogen and oxygen atoms in total. The molecule has 0 saturated carbocycles. The largest absolute Gasteiger partial charge is 0.330 e. The molecule has 98 valence electrons. The van der Waals surface area contributed by atoms with Crippen LogP contribution < -0.4 is 5.73 Å². The van der Waals surface area contributed by atoms with Crippen molar-refractivity contribution in [1.82, 2.24) is 4.90 Å². The number of hydrogen-bond donors (Lipinski definition) is 1. The molecule has 2 aliphatic rings. The molecule has 0 aromatic heterocycles. The van der Waals surface area contributed by atoms with Gasteiger partial charge in [0.05, 0.1) is 0 Å². The lowest BCUT2D eigenvalue weighted by molar-refractivity contribution is 0.310. The van der Waals surface area contributed by atoms with Crippen molar-refractivity contribution in [3.8, 4) is 0 Å². The zero-order valence-electron chi connectivity index (χ0n) is 11.1. The van der Waals surface area contributed by atoms with Crippen LogP contribution in [0.4, 0.5) is 0 Å². The maximum atomic E-state index is 5.84. The maximum absolute atomic E-state index is 5.84. The summed E-state index contributed by atoms with van der Waals surface area (Å²) in [4.78, 5) is 4.06. The first-order valence-corrected chi connectivity index (χ1v) is 7.93. The van der Waals surface area contributed by atoms with E-state index in [2.05, 4.69) is 41.9 Å². The van der Waals surface area contributed by atoms with E-state index in [4.69, 9.17) is 5.73 Å². The van der Waals surface area contributed by atoms with E-state index in [-0.39, 0.29) is 0 Å². The second kappa shape index (κ2) is 5.24. The van der Waals surface area contributed by atoms with Crippen molar-refractivity contribution >= 4 is 11.8 Å². The van der Waals surface area contributed by atoms with Crippen LogP contribution in [0.1, 0.15) is 30.0 Å². The number of thioether (sulfide) groups is 1. The summed E-state index contributed by atoms with van der Waals surface area (Å²) < 4.78 is 0. The van der Waals surface area contributed by atoms with E-state index >= 15 is 0 Å². The summed E-state index contributed by atoms with van der Waals surface area (Å²) in [6, 6.07) is 7.46. The lowest BCUT2D eigenvalue weighted by atomic mass is 9.97. The standard InChI is InChI=1S/C15H22N2S/c1-17-10-11(9-16)8-14(17)13-6-2-4-12-5-3-7-18-15(12)13/h2,4,6,11,14H,3,5,7-10,16H2,1H3. The molecule has 0 amide bonds. The second-order valence-electron chi connectivity index (χ2n) is 5.58. The van der Waals surface area contributed by atoms with E-state index in [0.29, 0.717) is 12.0 Å². The molecule has 2 heterocycles. The molecule has 1 aromatic carbocycles. The molecule has 3 heteroatoms. The summed E-state index contributed by atoms with van der Waals surface area (Å²) in [5.74, 6) is 1.95. The first-order valence-electron chi connectivity index (χ1n) is 6.94. The van der Waals surface area contributed by atoms with Crippen LogP contribution in [0.2, 0.25) is 0 Å². The van der Waals surface area contributed by atoms with Crippen LogP contribution in [0.15, 0.2) is 23.1 Å². The fourth-order valence-electron chi connectivity index (χ4n) is 3.32. The number of likely N-dealkylation sites (tertiary alicyclic amines) is 1. The highest BCUT2D eigenvalue weighted by Crippen LogP contribution is 2.41. The minimum Gasteiger partial charge on any atom is -0.330 e. The van der Waals surface area contributed by atoms with Crippen LogP contribution in [-0.4, -0.2) is 30.8 Å². The number of fused-ring (bicyclic) bond motifs is 1. The summed E-state index contributed by atoms with van der Waals surface area (Å²) in [7, 11) is 2.24. The van der Waals surface area contributed by atoms with Crippen LogP contribution in [0.5, 0.6) is 0 Å². The van der Waals surface area contributed by atoms with Gasteiger partial charge in [0.2, 0.25) is 0 Å². The molecule has 0 radical (unpaired) electrons. The van der Waals surface area contributed by atoms with Gasteiger partial charge in [0.25, 0.3) is 0 Å². The number of hydrogen-bond acceptors (Lipinski definition) is 3. The SMILES string of the molecule is CN1CC(CN)CC1c1cccc2c1SCCC2. The van der Waals surface area contributed by atoms with E-state index < -0.39 is 0 Å². The Labute approximate surface area is 114 Å². The zero-order chi connectivity index (χ0) is 12.5. The molecule has 3 rings (SSSR count). The second-order valence-corrected chi connectivity index (χ2v) is 6.69. The average molecular weight is 262 g/mol. The van der Waals surface area contributed by atoms with Crippen molar-refractivity contribution in [2.45, 2.75) is 30.2 Å². The Morgan fingerprint density at radius 3 is 3.11 bits per heavy atom. The fourth-order valence-corrected chi connectivity index (χ4v) is 4.54. The van der Waals surface area contributed by atoms with Crippen LogP contribution >= 0.6 is 11.8 Å². The summed E-state index contributed by atoms with van der Waals surface area (Å²) in [5, 5.41) is 0. The molecular formula is C15H22N2S. The molecule has 1 aromatic rings. The molecule has 1 fully saturated rings. The van der Waals surface area contributed by atoms with E-state index in [1.807, 2.05) is 0 Å². The molecule has 2 N–H and O–H groups in total. The van der Waals surface area contributed by atoms with Crippen molar-refractivity contribution < 1.29 is 0 Å². The number of rotatable bonds is 2. The molecule has 0 bridgehead atoms. The topological polar surface area (TPSA) is 29.3 Å². The molecule has 0 aliphatic carbocycles. The van der Waals surface area contributed by atoms with Gasteiger partial charge in [-0.1, -0.05) is 18.2 Å². The third kappa shape index (κ3) is 2.20. The average Bonchev–Trinajstić information content (AvgIpc) is 2.79. The van der Waals surface area contributed by atoms with Crippen molar-refractivity contribution in [2.75, 3.05) is 25.9 Å². The Balaban J connectivity index is 1.92. The summed E-state index contributed by atoms with van der Waals surface area (Å²) in [6.07, 6.45) is 3.81. The van der Waals surface area contributed by atoms with E-state index in [1.165, 1.54) is 25.0 Å². The Morgan fingerprint density at radius 2 is 2.33 bits per heavy atom. The summed E-state index contributed by atoms with van der Waals surface area (Å²) >= 11 is 2.06. The van der Waals surface area contributed by atoms with E-state index in [1.54, 1.807) is 16.0 Å². The molecule has 2 unspecified atom stereocenters. The van der Waals surface area contributed by atoms with Crippen LogP contribution in [-0.2, 0) is 6.42 Å². The third-order valence-electron chi connectivity index (χ3n) is 4.29. The van der Waals surface area contributed by atoms with Gasteiger partial charge in [0.15, 0.2) is 0 Å².